The number of likely N-dealkylation sites (tertiary alicyclic amines) is 1. The first-order chi connectivity index (χ1) is 33.5. The Hall–Kier alpha value is -4.91. The van der Waals surface area contributed by atoms with Gasteiger partial charge in [-0.3, -0.25) is 28.9 Å². The third kappa shape index (κ3) is 37.5. The lowest BCUT2D eigenvalue weighted by Gasteiger charge is -2.34. The Labute approximate surface area is 426 Å². The van der Waals surface area contributed by atoms with Crippen molar-refractivity contribution < 1.29 is 57.7 Å². The summed E-state index contributed by atoms with van der Waals surface area (Å²) in [5.74, 6) is -0.390. The number of methoxy groups -OCH3 is 1. The van der Waals surface area contributed by atoms with E-state index in [1.165, 1.54) is 67.1 Å². The SMILES string of the molecule is CC(C)C(C)N(C)C(=O)CCCCCN1C(=O)C=CC1=O.CC(C)CO.CC1CCCN1C.CCC.CCC(C)C(C(CC=O)OC)N(C)C.O=CCNC=O.O=CNC(Cc1ccc(F)cc1)C(=O)O. The number of imide groups is 1. The van der Waals surface area contributed by atoms with Crippen molar-refractivity contribution in [3.05, 3.63) is 47.8 Å². The number of ether oxygens (including phenoxy) is 1. The average molecular weight is 1010 g/mol. The standard InChI is InChI=1S/C16H26N2O3.C11H23NO2.C10H10FNO3.C6H13N.C4H10O.C3H5NO2.C3H8/c1-12(2)13(3)17(4)14(19)8-6-5-7-11-18-15(20)9-10-16(18)21;1-6-9(2)11(12(3)4)10(14-5)7-8-13;11-8-3-1-7(2-4-8)5-9(10(14)15)12-6-13;1-6-4-3-5-7(6)2;1-4(2)3-5;5-2-1-4-3-6;1-3-2/h9-10,12-13H,5-8,11H2,1-4H3;8-11H,6-7H2,1-5H3;1-4,6,9H,5H2,(H,12,13)(H,14,15);6H,3-5H2,1-2H3;4-5H,3H2,1-2H3;2-3H,1H2,(H,4,6);3H2,1-2H3. The predicted molar refractivity (Wildman–Crippen MR) is 280 cm³/mol. The molecule has 0 spiro atoms. The highest BCUT2D eigenvalue weighted by molar-refractivity contribution is 6.12. The first-order valence-electron chi connectivity index (χ1n) is 25.0. The number of nitrogens with one attached hydrogen (secondary N) is 2. The Kier molecular flexibility index (Phi) is 47.2. The Bertz CT molecular complexity index is 1570. The number of carbonyl (C=O) groups excluding carboxylic acids is 7. The minimum atomic E-state index is -1.12. The molecule has 1 saturated heterocycles. The number of halogens is 1. The smallest absolute Gasteiger partial charge is 0.326 e. The maximum atomic E-state index is 12.5. The summed E-state index contributed by atoms with van der Waals surface area (Å²) >= 11 is 0. The van der Waals surface area contributed by atoms with Crippen LogP contribution in [0, 0.1) is 23.6 Å². The minimum Gasteiger partial charge on any atom is -0.480 e. The molecular formula is C53H95FN6O11. The van der Waals surface area contributed by atoms with Crippen molar-refractivity contribution >= 4 is 49.1 Å². The van der Waals surface area contributed by atoms with Gasteiger partial charge in [0, 0.05) is 76.8 Å². The lowest BCUT2D eigenvalue weighted by atomic mass is 9.92. The fourth-order valence-electron chi connectivity index (χ4n) is 6.47. The van der Waals surface area contributed by atoms with Crippen molar-refractivity contribution in [1.29, 1.82) is 0 Å². The van der Waals surface area contributed by atoms with Crippen LogP contribution < -0.4 is 10.6 Å². The number of aliphatic hydroxyl groups excluding tert-OH is 1. The van der Waals surface area contributed by atoms with E-state index in [-0.39, 0.29) is 48.7 Å². The van der Waals surface area contributed by atoms with E-state index in [0.29, 0.717) is 74.5 Å². The second kappa shape index (κ2) is 46.2. The van der Waals surface area contributed by atoms with Gasteiger partial charge in [0.25, 0.3) is 11.8 Å². The van der Waals surface area contributed by atoms with E-state index in [2.05, 4.69) is 82.9 Å². The van der Waals surface area contributed by atoms with Gasteiger partial charge in [-0.25, -0.2) is 9.18 Å². The summed E-state index contributed by atoms with van der Waals surface area (Å²) < 4.78 is 17.9. The summed E-state index contributed by atoms with van der Waals surface area (Å²) in [6.45, 7) is 23.3. The number of likely N-dealkylation sites (N-methyl/N-ethyl adjacent to an activating group) is 1. The number of carboxylic acid groups (broad SMARTS) is 1. The molecule has 1 aromatic rings. The van der Waals surface area contributed by atoms with E-state index in [1.54, 1.807) is 7.11 Å². The first-order valence-corrected chi connectivity index (χ1v) is 25.0. The largest absolute Gasteiger partial charge is 0.480 e. The number of benzene rings is 1. The molecule has 0 aliphatic carbocycles. The topological polar surface area (TPSA) is 223 Å². The second-order valence-electron chi connectivity index (χ2n) is 18.4. The fraction of sp³-hybridized carbons (Fsp3) is 0.698. The summed E-state index contributed by atoms with van der Waals surface area (Å²) in [7, 11) is 9.78. The highest BCUT2D eigenvalue weighted by atomic mass is 19.1. The molecule has 0 bridgehead atoms. The molecule has 5 amide bonds. The van der Waals surface area contributed by atoms with Gasteiger partial charge in [-0.2, -0.15) is 0 Å². The van der Waals surface area contributed by atoms with Crippen LogP contribution in [0.2, 0.25) is 0 Å². The van der Waals surface area contributed by atoms with Crippen LogP contribution >= 0.6 is 0 Å². The monoisotopic (exact) mass is 1010 g/mol. The molecule has 0 aromatic heterocycles. The summed E-state index contributed by atoms with van der Waals surface area (Å²) in [6, 6.07) is 5.88. The molecule has 0 radical (unpaired) electrons. The van der Waals surface area contributed by atoms with Crippen LogP contribution in [-0.4, -0.2) is 171 Å². The number of nitrogens with zero attached hydrogens (tertiary/aromatic N) is 4. The van der Waals surface area contributed by atoms with Crippen LogP contribution in [0.1, 0.15) is 133 Å². The molecule has 6 atom stereocenters. The van der Waals surface area contributed by atoms with Crippen molar-refractivity contribution in [2.75, 3.05) is 61.5 Å². The summed E-state index contributed by atoms with van der Waals surface area (Å²) in [5, 5.41) is 21.2. The third-order valence-electron chi connectivity index (χ3n) is 11.4. The molecule has 1 fully saturated rings. The van der Waals surface area contributed by atoms with Crippen LogP contribution in [0.25, 0.3) is 0 Å². The number of rotatable bonds is 24. The van der Waals surface area contributed by atoms with Crippen LogP contribution in [0.5, 0.6) is 0 Å². The second-order valence-corrected chi connectivity index (χ2v) is 18.4. The van der Waals surface area contributed by atoms with Gasteiger partial charge in [0.2, 0.25) is 18.7 Å². The molecule has 1 aromatic carbocycles. The molecule has 3 rings (SSSR count). The lowest BCUT2D eigenvalue weighted by molar-refractivity contribution is -0.140. The minimum absolute atomic E-state index is 0.0115. The number of amides is 5. The number of hydrogen-bond acceptors (Lipinski definition) is 12. The molecule has 71 heavy (non-hydrogen) atoms. The molecule has 2 aliphatic rings. The van der Waals surface area contributed by atoms with Crippen molar-refractivity contribution in [2.24, 2.45) is 17.8 Å². The molecule has 17 nitrogen and oxygen atoms in total. The molecule has 6 unspecified atom stereocenters. The van der Waals surface area contributed by atoms with Gasteiger partial charge < -0.3 is 49.9 Å². The van der Waals surface area contributed by atoms with Gasteiger partial charge >= 0.3 is 5.97 Å². The lowest BCUT2D eigenvalue weighted by Crippen LogP contribution is -2.44. The van der Waals surface area contributed by atoms with Crippen molar-refractivity contribution in [3.8, 4) is 0 Å². The molecule has 2 heterocycles. The van der Waals surface area contributed by atoms with Gasteiger partial charge in [0.1, 0.15) is 24.4 Å². The van der Waals surface area contributed by atoms with E-state index in [9.17, 15) is 42.7 Å². The molecule has 0 saturated carbocycles. The molecule has 4 N–H and O–H groups in total. The Morgan fingerprint density at radius 2 is 1.45 bits per heavy atom. The van der Waals surface area contributed by atoms with E-state index < -0.39 is 12.0 Å². The van der Waals surface area contributed by atoms with E-state index in [4.69, 9.17) is 14.9 Å². The molecule has 18 heteroatoms. The molecule has 410 valence electrons. The maximum absolute atomic E-state index is 12.5. The van der Waals surface area contributed by atoms with Gasteiger partial charge in [-0.15, -0.1) is 0 Å². The van der Waals surface area contributed by atoms with Crippen molar-refractivity contribution in [2.45, 2.75) is 164 Å². The number of carboxylic acids is 1. The molecule has 2 aliphatic heterocycles. The van der Waals surface area contributed by atoms with Gasteiger partial charge in [-0.1, -0.05) is 86.8 Å². The Morgan fingerprint density at radius 1 is 0.901 bits per heavy atom. The normalized spacial score (nSPS) is 15.6. The Balaban J connectivity index is -0.000000399. The van der Waals surface area contributed by atoms with Crippen LogP contribution in [-0.2, 0) is 49.5 Å². The number of hydrogen-bond donors (Lipinski definition) is 4. The summed E-state index contributed by atoms with van der Waals surface area (Å²) in [6.07, 6.45) is 13.6. The van der Waals surface area contributed by atoms with Crippen LogP contribution in [0.15, 0.2) is 36.4 Å². The number of carbonyl (C=O) groups is 8. The van der Waals surface area contributed by atoms with Gasteiger partial charge in [-0.05, 0) is 103 Å². The van der Waals surface area contributed by atoms with Crippen LogP contribution in [0.3, 0.4) is 0 Å². The fourth-order valence-corrected chi connectivity index (χ4v) is 6.47. The van der Waals surface area contributed by atoms with E-state index >= 15 is 0 Å². The van der Waals surface area contributed by atoms with Gasteiger partial charge in [0.15, 0.2) is 0 Å². The summed E-state index contributed by atoms with van der Waals surface area (Å²) in [5.41, 5.74) is 0.651. The highest BCUT2D eigenvalue weighted by Gasteiger charge is 2.27. The van der Waals surface area contributed by atoms with E-state index in [1.807, 2.05) is 39.9 Å². The molecular weight excluding hydrogens is 916 g/mol. The zero-order chi connectivity index (χ0) is 55.5. The van der Waals surface area contributed by atoms with Crippen molar-refractivity contribution in [3.63, 3.8) is 0 Å². The zero-order valence-electron chi connectivity index (χ0n) is 46.0. The van der Waals surface area contributed by atoms with Crippen molar-refractivity contribution in [1.82, 2.24) is 30.2 Å². The zero-order valence-corrected chi connectivity index (χ0v) is 46.0. The average Bonchev–Trinajstić information content (AvgIpc) is 3.88. The van der Waals surface area contributed by atoms with Crippen LogP contribution in [0.4, 0.5) is 4.39 Å². The number of aliphatic hydroxyl groups is 1. The quantitative estimate of drug-likeness (QED) is 0.0516. The summed E-state index contributed by atoms with van der Waals surface area (Å²) in [4.78, 5) is 92.2. The predicted octanol–water partition coefficient (Wildman–Crippen LogP) is 6.19. The number of aliphatic carboxylic acids is 1. The maximum Gasteiger partial charge on any atom is 0.326 e. The third-order valence-corrected chi connectivity index (χ3v) is 11.4. The first kappa shape index (κ1) is 72.6. The number of aldehydes is 2. The Morgan fingerprint density at radius 3 is 1.79 bits per heavy atom. The number of unbranched alkanes of at least 4 members (excludes halogenated alkanes) is 2. The van der Waals surface area contributed by atoms with Gasteiger partial charge in [0.05, 0.1) is 12.6 Å². The van der Waals surface area contributed by atoms with E-state index in [0.717, 1.165) is 38.0 Å². The highest BCUT2D eigenvalue weighted by Crippen LogP contribution is 2.19.